The minimum absolute atomic E-state index is 0.0977. The van der Waals surface area contributed by atoms with Crippen molar-refractivity contribution in [1.82, 2.24) is 5.32 Å². The number of hydrogen-bond donors (Lipinski definition) is 1. The zero-order chi connectivity index (χ0) is 10.4. The van der Waals surface area contributed by atoms with Gasteiger partial charge in [-0.05, 0) is 24.0 Å². The average Bonchev–Trinajstić information content (AvgIpc) is 2.52. The highest BCUT2D eigenvalue weighted by atomic mass is 16.2. The Hall–Kier alpha value is -1.64. The van der Waals surface area contributed by atoms with E-state index in [2.05, 4.69) is 5.32 Å². The van der Waals surface area contributed by atoms with E-state index in [1.54, 1.807) is 0 Å². The number of imide groups is 1. The number of hydrogen-bond acceptors (Lipinski definition) is 2. The van der Waals surface area contributed by atoms with Crippen molar-refractivity contribution in [2.75, 3.05) is 0 Å². The molecule has 1 aromatic carbocycles. The summed E-state index contributed by atoms with van der Waals surface area (Å²) in [4.78, 5) is 23.0. The van der Waals surface area contributed by atoms with Gasteiger partial charge in [0.2, 0.25) is 11.8 Å². The summed E-state index contributed by atoms with van der Waals surface area (Å²) in [6.45, 7) is 0. The summed E-state index contributed by atoms with van der Waals surface area (Å²) in [5.41, 5.74) is 2.42. The lowest BCUT2D eigenvalue weighted by atomic mass is 9.77. The molecule has 0 radical (unpaired) electrons. The third kappa shape index (κ3) is 1.19. The third-order valence-corrected chi connectivity index (χ3v) is 3.40. The predicted molar refractivity (Wildman–Crippen MR) is 54.0 cm³/mol. The minimum atomic E-state index is -0.132. The molecule has 0 bridgehead atoms. The van der Waals surface area contributed by atoms with Gasteiger partial charge >= 0.3 is 0 Å². The first kappa shape index (κ1) is 8.65. The summed E-state index contributed by atoms with van der Waals surface area (Å²) in [6, 6.07) is 8.05. The largest absolute Gasteiger partial charge is 0.296 e. The van der Waals surface area contributed by atoms with E-state index in [1.165, 1.54) is 11.1 Å². The van der Waals surface area contributed by atoms with Crippen LogP contribution < -0.4 is 5.32 Å². The molecule has 1 aliphatic carbocycles. The molecule has 1 N–H and O–H groups in total. The second kappa shape index (κ2) is 2.92. The maximum absolute atomic E-state index is 11.5. The highest BCUT2D eigenvalue weighted by Crippen LogP contribution is 2.33. The molecule has 1 aromatic rings. The van der Waals surface area contributed by atoms with Crippen LogP contribution in [-0.4, -0.2) is 11.8 Å². The van der Waals surface area contributed by atoms with Crippen LogP contribution in [0, 0.1) is 11.8 Å². The number of fused-ring (bicyclic) bond motifs is 2. The zero-order valence-corrected chi connectivity index (χ0v) is 8.19. The molecule has 3 nitrogen and oxygen atoms in total. The quantitative estimate of drug-likeness (QED) is 0.627. The van der Waals surface area contributed by atoms with Crippen LogP contribution in [0.2, 0.25) is 0 Å². The van der Waals surface area contributed by atoms with Gasteiger partial charge in [0.25, 0.3) is 0 Å². The van der Waals surface area contributed by atoms with Crippen molar-refractivity contribution in [3.63, 3.8) is 0 Å². The first-order chi connectivity index (χ1) is 7.25. The van der Waals surface area contributed by atoms with Gasteiger partial charge in [-0.2, -0.15) is 0 Å². The minimum Gasteiger partial charge on any atom is -0.296 e. The number of benzene rings is 1. The Morgan fingerprint density at radius 2 is 1.40 bits per heavy atom. The molecule has 15 heavy (non-hydrogen) atoms. The van der Waals surface area contributed by atoms with E-state index in [0.29, 0.717) is 12.8 Å². The van der Waals surface area contributed by atoms with Crippen molar-refractivity contribution >= 4 is 11.8 Å². The molecule has 3 heteroatoms. The van der Waals surface area contributed by atoms with E-state index < -0.39 is 0 Å². The topological polar surface area (TPSA) is 46.2 Å². The molecular weight excluding hydrogens is 190 g/mol. The molecule has 2 unspecified atom stereocenters. The molecular formula is C12H11NO2. The first-order valence-corrected chi connectivity index (χ1v) is 5.17. The van der Waals surface area contributed by atoms with Crippen LogP contribution in [-0.2, 0) is 22.4 Å². The predicted octanol–water partition coefficient (Wildman–Crippen LogP) is 0.674. The SMILES string of the molecule is O=C1NC(=O)C2Cc3ccccc3CC12. The zero-order valence-electron chi connectivity index (χ0n) is 8.19. The summed E-state index contributed by atoms with van der Waals surface area (Å²) in [5, 5.41) is 2.42. The van der Waals surface area contributed by atoms with E-state index in [-0.39, 0.29) is 23.7 Å². The van der Waals surface area contributed by atoms with Crippen LogP contribution in [0.1, 0.15) is 11.1 Å². The van der Waals surface area contributed by atoms with Crippen LogP contribution in [0.3, 0.4) is 0 Å². The Morgan fingerprint density at radius 3 is 1.87 bits per heavy atom. The lowest BCUT2D eigenvalue weighted by Gasteiger charge is -2.23. The number of carbonyl (C=O) groups is 2. The van der Waals surface area contributed by atoms with Gasteiger partial charge in [0.15, 0.2) is 0 Å². The Kier molecular flexibility index (Phi) is 1.69. The standard InChI is InChI=1S/C12H11NO2/c14-11-9-5-7-3-1-2-4-8(7)6-10(9)12(15)13-11/h1-4,9-10H,5-6H2,(H,13,14,15). The normalized spacial score (nSPS) is 28.3. The lowest BCUT2D eigenvalue weighted by Crippen LogP contribution is -2.27. The van der Waals surface area contributed by atoms with E-state index in [4.69, 9.17) is 0 Å². The van der Waals surface area contributed by atoms with E-state index in [0.717, 1.165) is 0 Å². The molecule has 2 aliphatic rings. The Balaban J connectivity index is 2.03. The molecule has 0 spiro atoms. The van der Waals surface area contributed by atoms with Gasteiger partial charge in [0, 0.05) is 0 Å². The second-order valence-electron chi connectivity index (χ2n) is 4.24. The molecule has 1 heterocycles. The molecule has 76 valence electrons. The van der Waals surface area contributed by atoms with Gasteiger partial charge < -0.3 is 0 Å². The molecule has 0 aromatic heterocycles. The summed E-state index contributed by atoms with van der Waals surface area (Å²) < 4.78 is 0. The third-order valence-electron chi connectivity index (χ3n) is 3.40. The maximum Gasteiger partial charge on any atom is 0.230 e. The van der Waals surface area contributed by atoms with Crippen molar-refractivity contribution < 1.29 is 9.59 Å². The summed E-state index contributed by atoms with van der Waals surface area (Å²) >= 11 is 0. The Labute approximate surface area is 87.5 Å². The second-order valence-corrected chi connectivity index (χ2v) is 4.24. The van der Waals surface area contributed by atoms with Gasteiger partial charge in [0.05, 0.1) is 11.8 Å². The first-order valence-electron chi connectivity index (χ1n) is 5.17. The van der Waals surface area contributed by atoms with Crippen molar-refractivity contribution in [3.05, 3.63) is 35.4 Å². The molecule has 1 fully saturated rings. The van der Waals surface area contributed by atoms with Gasteiger partial charge in [-0.1, -0.05) is 24.3 Å². The lowest BCUT2D eigenvalue weighted by molar-refractivity contribution is -0.126. The van der Waals surface area contributed by atoms with Crippen molar-refractivity contribution in [1.29, 1.82) is 0 Å². The molecule has 1 aliphatic heterocycles. The van der Waals surface area contributed by atoms with Crippen LogP contribution >= 0.6 is 0 Å². The fourth-order valence-electron chi connectivity index (χ4n) is 2.57. The van der Waals surface area contributed by atoms with Crippen LogP contribution in [0.5, 0.6) is 0 Å². The maximum atomic E-state index is 11.5. The van der Waals surface area contributed by atoms with Gasteiger partial charge in [-0.3, -0.25) is 14.9 Å². The van der Waals surface area contributed by atoms with Gasteiger partial charge in [-0.25, -0.2) is 0 Å². The van der Waals surface area contributed by atoms with Crippen LogP contribution in [0.25, 0.3) is 0 Å². The molecule has 2 atom stereocenters. The van der Waals surface area contributed by atoms with Crippen LogP contribution in [0.4, 0.5) is 0 Å². The van der Waals surface area contributed by atoms with Crippen molar-refractivity contribution in [2.24, 2.45) is 11.8 Å². The summed E-state index contributed by atoms with van der Waals surface area (Å²) in [5.74, 6) is -0.459. The Bertz CT molecular complexity index is 412. The smallest absolute Gasteiger partial charge is 0.230 e. The molecule has 2 amide bonds. The molecule has 3 rings (SSSR count). The molecule has 0 saturated carbocycles. The Morgan fingerprint density at radius 1 is 0.933 bits per heavy atom. The van der Waals surface area contributed by atoms with Crippen molar-refractivity contribution in [2.45, 2.75) is 12.8 Å². The summed E-state index contributed by atoms with van der Waals surface area (Å²) in [7, 11) is 0. The van der Waals surface area contributed by atoms with E-state index in [1.807, 2.05) is 24.3 Å². The molecule has 1 saturated heterocycles. The van der Waals surface area contributed by atoms with E-state index in [9.17, 15) is 9.59 Å². The van der Waals surface area contributed by atoms with E-state index >= 15 is 0 Å². The number of rotatable bonds is 0. The van der Waals surface area contributed by atoms with Gasteiger partial charge in [0.1, 0.15) is 0 Å². The average molecular weight is 201 g/mol. The number of nitrogens with one attached hydrogen (secondary N) is 1. The highest BCUT2D eigenvalue weighted by Gasteiger charge is 2.43. The summed E-state index contributed by atoms with van der Waals surface area (Å²) in [6.07, 6.45) is 1.41. The number of amides is 2. The monoisotopic (exact) mass is 201 g/mol. The number of carbonyl (C=O) groups excluding carboxylic acids is 2. The van der Waals surface area contributed by atoms with Crippen molar-refractivity contribution in [3.8, 4) is 0 Å². The fraction of sp³-hybridized carbons (Fsp3) is 0.333. The fourth-order valence-corrected chi connectivity index (χ4v) is 2.57. The van der Waals surface area contributed by atoms with Crippen LogP contribution in [0.15, 0.2) is 24.3 Å². The van der Waals surface area contributed by atoms with Gasteiger partial charge in [-0.15, -0.1) is 0 Å². The highest BCUT2D eigenvalue weighted by molar-refractivity contribution is 6.05.